The smallest absolute Gasteiger partial charge is 0.410 e. The van der Waals surface area contributed by atoms with Crippen molar-refractivity contribution < 1.29 is 23.4 Å². The zero-order chi connectivity index (χ0) is 25.9. The van der Waals surface area contributed by atoms with Crippen molar-refractivity contribution in [1.29, 1.82) is 0 Å². The second-order valence-electron chi connectivity index (χ2n) is 9.98. The molecule has 0 unspecified atom stereocenters. The van der Waals surface area contributed by atoms with Crippen molar-refractivity contribution in [2.75, 3.05) is 48.9 Å². The van der Waals surface area contributed by atoms with Crippen LogP contribution in [0.5, 0.6) is 5.75 Å². The molecule has 0 saturated carbocycles. The summed E-state index contributed by atoms with van der Waals surface area (Å²) in [4.78, 5) is 26.3. The summed E-state index contributed by atoms with van der Waals surface area (Å²) in [6, 6.07) is 11.0. The van der Waals surface area contributed by atoms with E-state index in [1.807, 2.05) is 24.3 Å². The summed E-state index contributed by atoms with van der Waals surface area (Å²) in [6.07, 6.45) is 2.42. The van der Waals surface area contributed by atoms with E-state index < -0.39 is 21.4 Å². The highest BCUT2D eigenvalue weighted by Gasteiger charge is 2.36. The Hall–Kier alpha value is -2.60. The molecule has 1 aromatic carbocycles. The average molecular weight is 520 g/mol. The van der Waals surface area contributed by atoms with Gasteiger partial charge < -0.3 is 24.6 Å². The topological polar surface area (TPSA) is 120 Å². The van der Waals surface area contributed by atoms with Gasteiger partial charge in [-0.25, -0.2) is 9.78 Å². The molecule has 0 bridgehead atoms. The molecule has 2 saturated heterocycles. The van der Waals surface area contributed by atoms with Crippen LogP contribution in [0.3, 0.4) is 0 Å². The molecule has 0 radical (unpaired) electrons. The van der Waals surface area contributed by atoms with Crippen molar-refractivity contribution in [3.63, 3.8) is 0 Å². The normalized spacial score (nSPS) is 20.2. The largest absolute Gasteiger partial charge is 0.412 e. The molecule has 0 spiro atoms. The van der Waals surface area contributed by atoms with E-state index in [9.17, 15) is 13.9 Å². The lowest BCUT2D eigenvalue weighted by Crippen LogP contribution is -2.47. The summed E-state index contributed by atoms with van der Waals surface area (Å²) in [7, 11) is -2.93. The lowest BCUT2D eigenvalue weighted by atomic mass is 10.1. The van der Waals surface area contributed by atoms with Gasteiger partial charge in [0.15, 0.2) is 0 Å². The number of anilines is 2. The minimum atomic E-state index is -2.93. The second-order valence-corrected chi connectivity index (χ2v) is 12.7. The van der Waals surface area contributed by atoms with Crippen molar-refractivity contribution in [2.45, 2.75) is 50.4 Å². The third kappa shape index (κ3) is 6.03. The highest BCUT2D eigenvalue weighted by atomic mass is 32.3. The van der Waals surface area contributed by atoms with Gasteiger partial charge in [0, 0.05) is 38.0 Å². The fourth-order valence-electron chi connectivity index (χ4n) is 4.30. The molecule has 3 heterocycles. The van der Waals surface area contributed by atoms with Gasteiger partial charge in [-0.15, -0.1) is 0 Å². The van der Waals surface area contributed by atoms with Crippen LogP contribution in [0.2, 0.25) is 0 Å². The molecular weight excluding hydrogens is 482 g/mol. The molecule has 2 aliphatic rings. The molecule has 198 valence electrons. The van der Waals surface area contributed by atoms with E-state index >= 15 is 0 Å². The van der Waals surface area contributed by atoms with Crippen LogP contribution in [0.25, 0.3) is 0 Å². The molecular formula is C25H37N5O5S. The van der Waals surface area contributed by atoms with Gasteiger partial charge in [0.05, 0.1) is 29.7 Å². The zero-order valence-corrected chi connectivity index (χ0v) is 22.2. The van der Waals surface area contributed by atoms with Gasteiger partial charge in [-0.2, -0.15) is 15.6 Å². The summed E-state index contributed by atoms with van der Waals surface area (Å²) in [6.45, 7) is 8.92. The highest BCUT2D eigenvalue weighted by Crippen LogP contribution is 2.55. The van der Waals surface area contributed by atoms with Gasteiger partial charge in [0.1, 0.15) is 11.6 Å². The number of para-hydroxylation sites is 1. The Kier molecular flexibility index (Phi) is 7.93. The molecule has 1 atom stereocenters. The third-order valence-corrected chi connectivity index (χ3v) is 9.14. The number of nitrogens with zero attached hydrogens (tertiary/aromatic N) is 4. The Morgan fingerprint density at radius 3 is 2.50 bits per heavy atom. The Balaban J connectivity index is 1.49. The van der Waals surface area contributed by atoms with Crippen LogP contribution in [0, 0.1) is 0 Å². The monoisotopic (exact) mass is 519 g/mol. The van der Waals surface area contributed by atoms with Gasteiger partial charge in [-0.05, 0) is 45.7 Å². The van der Waals surface area contributed by atoms with Crippen LogP contribution in [0.1, 0.15) is 39.3 Å². The van der Waals surface area contributed by atoms with E-state index in [1.165, 1.54) is 6.26 Å². The van der Waals surface area contributed by atoms with Crippen molar-refractivity contribution >= 4 is 28.4 Å². The van der Waals surface area contributed by atoms with Crippen LogP contribution in [-0.4, -0.2) is 76.4 Å². The molecule has 11 heteroatoms. The number of carbonyl (C=O) groups excluding carboxylic acids is 1. The van der Waals surface area contributed by atoms with Gasteiger partial charge in [0.2, 0.25) is 5.95 Å². The number of hydrogen-bond acceptors (Lipinski definition) is 9. The van der Waals surface area contributed by atoms with E-state index in [1.54, 1.807) is 26.0 Å². The average Bonchev–Trinajstić information content (AvgIpc) is 2.84. The summed E-state index contributed by atoms with van der Waals surface area (Å²) in [5.41, 5.74) is 0.593. The van der Waals surface area contributed by atoms with E-state index in [2.05, 4.69) is 22.0 Å². The summed E-state index contributed by atoms with van der Waals surface area (Å²) in [5.74, 6) is 1.82. The number of amides is 1. The molecule has 2 fully saturated rings. The molecule has 3 N–H and O–H groups in total. The molecule has 0 aliphatic carbocycles. The lowest BCUT2D eigenvalue weighted by Gasteiger charge is -2.44. The van der Waals surface area contributed by atoms with Crippen LogP contribution in [-0.2, 0) is 9.48 Å². The van der Waals surface area contributed by atoms with Crippen LogP contribution < -0.4 is 19.9 Å². The molecule has 1 aromatic heterocycles. The molecule has 2 aliphatic heterocycles. The number of benzene rings is 1. The maximum atomic E-state index is 12.3. The SMILES string of the molecule is C[C@H]1COCCN1c1cc(C(C)(C)S(C)(O)O)nc(N2CCC(NC(=O)Oc3ccccc3)CC2)n1. The quantitative estimate of drug-likeness (QED) is 0.518. The Morgan fingerprint density at radius 1 is 1.17 bits per heavy atom. The molecule has 36 heavy (non-hydrogen) atoms. The molecule has 4 rings (SSSR count). The number of morpholine rings is 1. The van der Waals surface area contributed by atoms with Crippen LogP contribution in [0.15, 0.2) is 36.4 Å². The second kappa shape index (κ2) is 10.8. The Morgan fingerprint density at radius 2 is 1.86 bits per heavy atom. The fourth-order valence-corrected chi connectivity index (χ4v) is 4.80. The van der Waals surface area contributed by atoms with Crippen molar-refractivity contribution in [3.05, 3.63) is 42.1 Å². The van der Waals surface area contributed by atoms with E-state index in [-0.39, 0.29) is 12.1 Å². The van der Waals surface area contributed by atoms with E-state index in [0.717, 1.165) is 5.82 Å². The Bertz CT molecular complexity index is 1040. The number of carbonyl (C=O) groups is 1. The number of aromatic nitrogens is 2. The summed E-state index contributed by atoms with van der Waals surface area (Å²) >= 11 is 0. The predicted octanol–water partition coefficient (Wildman–Crippen LogP) is 4.07. The van der Waals surface area contributed by atoms with Gasteiger partial charge in [-0.1, -0.05) is 18.2 Å². The van der Waals surface area contributed by atoms with E-state index in [0.29, 0.717) is 63.1 Å². The highest BCUT2D eigenvalue weighted by molar-refractivity contribution is 8.24. The maximum Gasteiger partial charge on any atom is 0.412 e. The van der Waals surface area contributed by atoms with Gasteiger partial charge in [-0.3, -0.25) is 9.11 Å². The number of ether oxygens (including phenoxy) is 2. The number of rotatable bonds is 6. The first kappa shape index (κ1) is 26.5. The van der Waals surface area contributed by atoms with Gasteiger partial charge in [0.25, 0.3) is 0 Å². The zero-order valence-electron chi connectivity index (χ0n) is 21.4. The first-order valence-electron chi connectivity index (χ1n) is 12.3. The molecule has 2 aromatic rings. The van der Waals surface area contributed by atoms with Crippen molar-refractivity contribution in [1.82, 2.24) is 15.3 Å². The van der Waals surface area contributed by atoms with Crippen LogP contribution >= 0.6 is 10.6 Å². The minimum Gasteiger partial charge on any atom is -0.410 e. The van der Waals surface area contributed by atoms with Gasteiger partial charge >= 0.3 is 6.09 Å². The first-order valence-corrected chi connectivity index (χ1v) is 14.2. The predicted molar refractivity (Wildman–Crippen MR) is 142 cm³/mol. The lowest BCUT2D eigenvalue weighted by molar-refractivity contribution is 0.0985. The van der Waals surface area contributed by atoms with E-state index in [4.69, 9.17) is 19.4 Å². The molecule has 10 nitrogen and oxygen atoms in total. The minimum absolute atomic E-state index is 0.0153. The van der Waals surface area contributed by atoms with Crippen molar-refractivity contribution in [2.24, 2.45) is 0 Å². The number of nitrogens with one attached hydrogen (secondary N) is 1. The summed E-state index contributed by atoms with van der Waals surface area (Å²) < 4.78 is 31.1. The Labute approximate surface area is 214 Å². The molecule has 1 amide bonds. The van der Waals surface area contributed by atoms with Crippen molar-refractivity contribution in [3.8, 4) is 5.75 Å². The standard InChI is InChI=1S/C25H37N5O5S/c1-18-17-34-15-14-30(18)22-16-21(25(2,3)36(4,32)33)27-23(28-22)29-12-10-19(11-13-29)26-24(31)35-20-8-6-5-7-9-20/h5-9,16,18-19,32-33H,10-15,17H2,1-4H3,(H,26,31)/t18-/m0/s1. The van der Waals surface area contributed by atoms with Crippen LogP contribution in [0.4, 0.5) is 16.6 Å². The number of piperidine rings is 1. The fraction of sp³-hybridized carbons (Fsp3) is 0.560. The summed E-state index contributed by atoms with van der Waals surface area (Å²) in [5, 5.41) is 2.95. The maximum absolute atomic E-state index is 12.3. The number of hydrogen-bond donors (Lipinski definition) is 3. The third-order valence-electron chi connectivity index (χ3n) is 7.00. The first-order chi connectivity index (χ1) is 17.0.